The Hall–Kier alpha value is -2.25. The van der Waals surface area contributed by atoms with Gasteiger partial charge in [0, 0.05) is 22.4 Å². The first kappa shape index (κ1) is 24.0. The molecule has 0 aromatic heterocycles. The zero-order chi connectivity index (χ0) is 22.9. The molecular weight excluding hydrogens is 421 g/mol. The van der Waals surface area contributed by atoms with E-state index in [2.05, 4.69) is 48.9 Å². The first-order chi connectivity index (χ1) is 13.7. The number of amides is 1. The van der Waals surface area contributed by atoms with E-state index in [1.165, 1.54) is 25.1 Å². The quantitative estimate of drug-likeness (QED) is 0.556. The lowest BCUT2D eigenvalue weighted by atomic mass is 10.1. The molecule has 30 heavy (non-hydrogen) atoms. The summed E-state index contributed by atoms with van der Waals surface area (Å²) in [6.07, 6.45) is 14.4. The average molecular weight is 452 g/mol. The number of benzene rings is 2. The summed E-state index contributed by atoms with van der Waals surface area (Å²) >= 11 is 0. The minimum absolute atomic E-state index is 0.0318. The molecule has 1 amide bonds. The van der Waals surface area contributed by atoms with Gasteiger partial charge < -0.3 is 10.4 Å². The number of aliphatic carboxylic acids is 1. The van der Waals surface area contributed by atoms with Crippen LogP contribution in [0.3, 0.4) is 0 Å². The second kappa shape index (κ2) is 8.86. The highest BCUT2D eigenvalue weighted by Crippen LogP contribution is 2.51. The molecule has 0 unspecified atom stereocenters. The summed E-state index contributed by atoms with van der Waals surface area (Å²) in [5.41, 5.74) is 1.06. The predicted molar refractivity (Wildman–Crippen MR) is 129 cm³/mol. The molecule has 0 spiro atoms. The van der Waals surface area contributed by atoms with Crippen molar-refractivity contribution in [1.82, 2.24) is 0 Å². The molecular formula is C23H30FNO3S2. The van der Waals surface area contributed by atoms with Crippen molar-refractivity contribution in [3.8, 4) is 0 Å². The highest BCUT2D eigenvalue weighted by molar-refractivity contribution is 8.32. The van der Waals surface area contributed by atoms with Gasteiger partial charge in [-0.2, -0.15) is 0 Å². The zero-order valence-corrected chi connectivity index (χ0v) is 20.1. The van der Waals surface area contributed by atoms with Crippen molar-refractivity contribution in [3.63, 3.8) is 0 Å². The smallest absolute Gasteiger partial charge is 0.331 e. The lowest BCUT2D eigenvalue weighted by Crippen LogP contribution is -2.13. The van der Waals surface area contributed by atoms with Gasteiger partial charge in [-0.15, -0.1) is 0 Å². The van der Waals surface area contributed by atoms with E-state index >= 15 is 0 Å². The van der Waals surface area contributed by atoms with E-state index in [1.54, 1.807) is 6.07 Å². The summed E-state index contributed by atoms with van der Waals surface area (Å²) in [4.78, 5) is 26.2. The van der Waals surface area contributed by atoms with Crippen molar-refractivity contribution in [2.75, 3.05) is 42.9 Å². The number of carboxylic acid groups (broad SMARTS) is 1. The normalized spacial score (nSPS) is 13.7. The number of carbonyl (C=O) groups is 2. The van der Waals surface area contributed by atoms with Crippen LogP contribution >= 0.6 is 20.1 Å². The van der Waals surface area contributed by atoms with E-state index in [0.717, 1.165) is 9.79 Å². The summed E-state index contributed by atoms with van der Waals surface area (Å²) in [6.45, 7) is 1.40. The monoisotopic (exact) mass is 451 g/mol. The van der Waals surface area contributed by atoms with Gasteiger partial charge in [-0.25, -0.2) is 29.2 Å². The number of carbonyl (C=O) groups excluding carboxylic acids is 1. The molecule has 0 heterocycles. The van der Waals surface area contributed by atoms with E-state index in [4.69, 9.17) is 5.11 Å². The molecule has 0 fully saturated rings. The molecule has 0 radical (unpaired) electrons. The molecule has 0 saturated heterocycles. The summed E-state index contributed by atoms with van der Waals surface area (Å²) in [5.74, 6) is -2.00. The van der Waals surface area contributed by atoms with Crippen LogP contribution in [-0.4, -0.2) is 54.5 Å². The van der Waals surface area contributed by atoms with Crippen LogP contribution in [0.1, 0.15) is 22.8 Å². The molecule has 2 N–H and O–H groups in total. The fourth-order valence-corrected chi connectivity index (χ4v) is 4.63. The first-order valence-corrected chi connectivity index (χ1v) is 14.9. The van der Waals surface area contributed by atoms with Crippen LogP contribution in [-0.2, 0) is 4.79 Å². The minimum Gasteiger partial charge on any atom is -0.478 e. The van der Waals surface area contributed by atoms with Crippen LogP contribution in [0, 0.1) is 5.82 Å². The van der Waals surface area contributed by atoms with Gasteiger partial charge >= 0.3 is 5.97 Å². The Labute approximate surface area is 181 Å². The van der Waals surface area contributed by atoms with Crippen molar-refractivity contribution in [2.45, 2.75) is 16.7 Å². The second-order valence-electron chi connectivity index (χ2n) is 8.69. The molecule has 2 rings (SSSR count). The van der Waals surface area contributed by atoms with Crippen molar-refractivity contribution in [1.29, 1.82) is 0 Å². The van der Waals surface area contributed by atoms with E-state index in [0.29, 0.717) is 11.3 Å². The highest BCUT2D eigenvalue weighted by Gasteiger charge is 2.18. The summed E-state index contributed by atoms with van der Waals surface area (Å²) in [7, 11) is -2.05. The number of rotatable bonds is 6. The average Bonchev–Trinajstić information content (AvgIpc) is 2.61. The number of hydrogen-bond donors (Lipinski definition) is 2. The maximum absolute atomic E-state index is 14.4. The van der Waals surface area contributed by atoms with Crippen molar-refractivity contribution >= 4 is 43.7 Å². The topological polar surface area (TPSA) is 66.4 Å². The molecule has 164 valence electrons. The minimum atomic E-state index is -1.11. The SMILES string of the molecule is C/C(=C\c1ccc(NC(=O)c2cc(S(C)(C)C)cc(S(C)(C)C)c2)cc1F)C(=O)O. The van der Waals surface area contributed by atoms with Crippen LogP contribution in [0.2, 0.25) is 0 Å². The third-order valence-electron chi connectivity index (χ3n) is 4.52. The van der Waals surface area contributed by atoms with Gasteiger partial charge in [-0.05, 0) is 96.7 Å². The summed E-state index contributed by atoms with van der Waals surface area (Å²) in [5, 5.41) is 11.7. The zero-order valence-electron chi connectivity index (χ0n) is 18.5. The fourth-order valence-electron chi connectivity index (χ4n) is 2.63. The maximum Gasteiger partial charge on any atom is 0.331 e. The molecule has 0 saturated carbocycles. The molecule has 0 atom stereocenters. The lowest BCUT2D eigenvalue weighted by molar-refractivity contribution is -0.132. The van der Waals surface area contributed by atoms with E-state index in [1.807, 2.05) is 12.1 Å². The van der Waals surface area contributed by atoms with Crippen LogP contribution in [0.5, 0.6) is 0 Å². The van der Waals surface area contributed by atoms with Crippen LogP contribution in [0.4, 0.5) is 10.1 Å². The molecule has 2 aromatic carbocycles. The molecule has 7 heteroatoms. The van der Waals surface area contributed by atoms with Crippen molar-refractivity contribution in [3.05, 3.63) is 58.9 Å². The van der Waals surface area contributed by atoms with Crippen LogP contribution in [0.25, 0.3) is 6.08 Å². The number of carboxylic acids is 1. The van der Waals surface area contributed by atoms with E-state index in [9.17, 15) is 14.0 Å². The maximum atomic E-state index is 14.4. The third kappa shape index (κ3) is 6.12. The molecule has 0 aliphatic carbocycles. The third-order valence-corrected chi connectivity index (χ3v) is 7.82. The Morgan fingerprint density at radius 2 is 1.47 bits per heavy atom. The van der Waals surface area contributed by atoms with Crippen molar-refractivity contribution in [2.24, 2.45) is 0 Å². The largest absolute Gasteiger partial charge is 0.478 e. The fraction of sp³-hybridized carbons (Fsp3) is 0.304. The number of anilines is 1. The summed E-state index contributed by atoms with van der Waals surface area (Å²) < 4.78 is 14.4. The second-order valence-corrected chi connectivity index (χ2v) is 17.0. The Balaban J connectivity index is 2.37. The van der Waals surface area contributed by atoms with Gasteiger partial charge in [-0.1, -0.05) is 0 Å². The van der Waals surface area contributed by atoms with Gasteiger partial charge in [0.25, 0.3) is 5.91 Å². The van der Waals surface area contributed by atoms with Crippen LogP contribution in [0.15, 0.2) is 51.8 Å². The molecule has 2 aromatic rings. The Kier molecular flexibility index (Phi) is 7.09. The Morgan fingerprint density at radius 3 is 1.90 bits per heavy atom. The number of halogens is 1. The molecule has 0 aliphatic heterocycles. The molecule has 4 nitrogen and oxygen atoms in total. The molecule has 0 aliphatic rings. The highest BCUT2D eigenvalue weighted by atomic mass is 32.3. The van der Waals surface area contributed by atoms with Gasteiger partial charge in [0.1, 0.15) is 5.82 Å². The summed E-state index contributed by atoms with van der Waals surface area (Å²) in [6, 6.07) is 10.3. The molecule has 0 bridgehead atoms. The van der Waals surface area contributed by atoms with E-state index < -0.39 is 31.8 Å². The van der Waals surface area contributed by atoms with Gasteiger partial charge in [-0.3, -0.25) is 4.79 Å². The van der Waals surface area contributed by atoms with Gasteiger partial charge in [0.15, 0.2) is 0 Å². The lowest BCUT2D eigenvalue weighted by Gasteiger charge is -2.31. The first-order valence-electron chi connectivity index (χ1n) is 9.23. The van der Waals surface area contributed by atoms with Crippen molar-refractivity contribution < 1.29 is 19.1 Å². The standard InChI is InChI=1S/C23H30FNO3S2/c1-15(23(27)28)10-16-8-9-18(13-21(16)24)25-22(26)17-11-19(29(2,3)4)14-20(12-17)30(5,6)7/h8-14H,1-7H3,(H,25,26)(H,27,28)/b15-10+. The number of hydrogen-bond acceptors (Lipinski definition) is 2. The predicted octanol–water partition coefficient (Wildman–Crippen LogP) is 5.67. The van der Waals surface area contributed by atoms with Crippen LogP contribution < -0.4 is 5.32 Å². The van der Waals surface area contributed by atoms with Gasteiger partial charge in [0.2, 0.25) is 0 Å². The Bertz CT molecular complexity index is 986. The van der Waals surface area contributed by atoms with Gasteiger partial charge in [0.05, 0.1) is 0 Å². The van der Waals surface area contributed by atoms with E-state index in [-0.39, 0.29) is 17.0 Å². The Morgan fingerprint density at radius 1 is 0.933 bits per heavy atom. The number of nitrogens with one attached hydrogen (secondary N) is 1.